The zero-order valence-corrected chi connectivity index (χ0v) is 18.1. The summed E-state index contributed by atoms with van der Waals surface area (Å²) in [5.41, 5.74) is 4.84. The normalized spacial score (nSPS) is 16.7. The average Bonchev–Trinajstić information content (AvgIpc) is 2.50. The first-order chi connectivity index (χ1) is 11.2. The molecule has 5 N–H and O–H groups in total. The number of piperidine rings is 1. The Morgan fingerprint density at radius 2 is 1.72 bits per heavy atom. The topological polar surface area (TPSA) is 112 Å². The van der Waals surface area contributed by atoms with Crippen LogP contribution in [-0.4, -0.2) is 68.5 Å². The Morgan fingerprint density at radius 3 is 2.20 bits per heavy atom. The Morgan fingerprint density at radius 1 is 1.16 bits per heavy atom. The molecule has 25 heavy (non-hydrogen) atoms. The highest BCUT2D eigenvalue weighted by Gasteiger charge is 2.21. The van der Waals surface area contributed by atoms with Gasteiger partial charge in [0.25, 0.3) is 0 Å². The first-order valence-electron chi connectivity index (χ1n) is 8.48. The van der Waals surface area contributed by atoms with Crippen molar-refractivity contribution >= 4 is 41.8 Å². The van der Waals surface area contributed by atoms with E-state index in [1.165, 1.54) is 0 Å². The smallest absolute Gasteiger partial charge is 0.231 e. The van der Waals surface area contributed by atoms with Crippen LogP contribution in [0.1, 0.15) is 33.6 Å². The first kappa shape index (κ1) is 23.9. The number of halogens is 1. The number of primary amides is 1. The fraction of sp³-hybridized carbons (Fsp3) is 0.812. The van der Waals surface area contributed by atoms with Crippen LogP contribution in [0.5, 0.6) is 0 Å². The van der Waals surface area contributed by atoms with E-state index in [1.54, 1.807) is 7.05 Å². The molecule has 2 amide bonds. The highest BCUT2D eigenvalue weighted by Crippen LogP contribution is 2.12. The van der Waals surface area contributed by atoms with E-state index in [1.807, 2.05) is 20.8 Å². The van der Waals surface area contributed by atoms with E-state index in [-0.39, 0.29) is 41.2 Å². The van der Waals surface area contributed by atoms with E-state index in [0.717, 1.165) is 31.9 Å². The molecule has 1 saturated heterocycles. The Hall–Kier alpha value is -1.10. The van der Waals surface area contributed by atoms with Gasteiger partial charge in [-0.3, -0.25) is 19.5 Å². The molecule has 0 radical (unpaired) electrons. The number of amides is 2. The number of likely N-dealkylation sites (tertiary alicyclic amines) is 1. The Kier molecular flexibility index (Phi) is 11.0. The summed E-state index contributed by atoms with van der Waals surface area (Å²) in [6.45, 7) is 8.85. The number of nitrogens with zero attached hydrogens (tertiary/aromatic N) is 2. The lowest BCUT2D eigenvalue weighted by atomic mass is 9.96. The highest BCUT2D eigenvalue weighted by atomic mass is 127. The molecule has 0 aliphatic carbocycles. The third-order valence-corrected chi connectivity index (χ3v) is 3.92. The fourth-order valence-electron chi connectivity index (χ4n) is 2.47. The SMILES string of the molecule is CN=C(NCCNC(=O)C(C)(C)C)NC1CCN(CC(N)=O)CC1.I. The number of hydrogen-bond acceptors (Lipinski definition) is 4. The summed E-state index contributed by atoms with van der Waals surface area (Å²) >= 11 is 0. The van der Waals surface area contributed by atoms with Crippen LogP contribution >= 0.6 is 24.0 Å². The van der Waals surface area contributed by atoms with E-state index in [9.17, 15) is 9.59 Å². The van der Waals surface area contributed by atoms with Crippen molar-refractivity contribution in [3.8, 4) is 0 Å². The summed E-state index contributed by atoms with van der Waals surface area (Å²) < 4.78 is 0. The van der Waals surface area contributed by atoms with Crippen molar-refractivity contribution in [3.05, 3.63) is 0 Å². The molecule has 0 aromatic rings. The zero-order chi connectivity index (χ0) is 18.2. The number of rotatable bonds is 6. The number of guanidine groups is 1. The van der Waals surface area contributed by atoms with Gasteiger partial charge in [-0.1, -0.05) is 20.8 Å². The number of aliphatic imine (C=N–C) groups is 1. The summed E-state index contributed by atoms with van der Waals surface area (Å²) in [6.07, 6.45) is 1.88. The number of carbonyl (C=O) groups excluding carboxylic acids is 2. The predicted molar refractivity (Wildman–Crippen MR) is 111 cm³/mol. The average molecular weight is 468 g/mol. The van der Waals surface area contributed by atoms with Gasteiger partial charge in [0, 0.05) is 44.7 Å². The van der Waals surface area contributed by atoms with E-state index < -0.39 is 0 Å². The van der Waals surface area contributed by atoms with Gasteiger partial charge in [0.1, 0.15) is 0 Å². The molecule has 1 heterocycles. The maximum atomic E-state index is 11.8. The van der Waals surface area contributed by atoms with Crippen molar-refractivity contribution < 1.29 is 9.59 Å². The summed E-state index contributed by atoms with van der Waals surface area (Å²) in [5, 5.41) is 9.48. The molecule has 0 aromatic heterocycles. The van der Waals surface area contributed by atoms with Gasteiger partial charge >= 0.3 is 0 Å². The van der Waals surface area contributed by atoms with Gasteiger partial charge in [-0.25, -0.2) is 0 Å². The van der Waals surface area contributed by atoms with Crippen molar-refractivity contribution in [2.75, 3.05) is 39.8 Å². The van der Waals surface area contributed by atoms with Crippen LogP contribution in [-0.2, 0) is 9.59 Å². The Bertz CT molecular complexity index is 456. The van der Waals surface area contributed by atoms with Gasteiger partial charge in [0.15, 0.2) is 5.96 Å². The van der Waals surface area contributed by atoms with Gasteiger partial charge in [0.05, 0.1) is 6.54 Å². The molecule has 0 aromatic carbocycles. The number of nitrogens with one attached hydrogen (secondary N) is 3. The molecule has 1 fully saturated rings. The minimum absolute atomic E-state index is 0. The molecule has 0 spiro atoms. The fourth-order valence-corrected chi connectivity index (χ4v) is 2.47. The van der Waals surface area contributed by atoms with Crippen LogP contribution in [0.3, 0.4) is 0 Å². The predicted octanol–water partition coefficient (Wildman–Crippen LogP) is -0.119. The van der Waals surface area contributed by atoms with Gasteiger partial charge in [-0.2, -0.15) is 0 Å². The second-order valence-electron chi connectivity index (χ2n) is 7.17. The molecule has 0 bridgehead atoms. The number of hydrogen-bond donors (Lipinski definition) is 4. The third-order valence-electron chi connectivity index (χ3n) is 3.92. The van der Waals surface area contributed by atoms with Crippen molar-refractivity contribution in [1.82, 2.24) is 20.9 Å². The first-order valence-corrected chi connectivity index (χ1v) is 8.48. The summed E-state index contributed by atoms with van der Waals surface area (Å²) in [5.74, 6) is 0.485. The largest absolute Gasteiger partial charge is 0.369 e. The number of carbonyl (C=O) groups is 2. The molecule has 8 nitrogen and oxygen atoms in total. The molecule has 1 rings (SSSR count). The monoisotopic (exact) mass is 468 g/mol. The van der Waals surface area contributed by atoms with Gasteiger partial charge in [-0.05, 0) is 12.8 Å². The second kappa shape index (κ2) is 11.5. The maximum Gasteiger partial charge on any atom is 0.231 e. The van der Waals surface area contributed by atoms with Gasteiger partial charge < -0.3 is 21.7 Å². The van der Waals surface area contributed by atoms with E-state index in [4.69, 9.17) is 5.73 Å². The highest BCUT2D eigenvalue weighted by molar-refractivity contribution is 14.0. The summed E-state index contributed by atoms with van der Waals surface area (Å²) in [7, 11) is 1.73. The molecule has 146 valence electrons. The lowest BCUT2D eigenvalue weighted by Crippen LogP contribution is -2.50. The summed E-state index contributed by atoms with van der Waals surface area (Å²) in [6, 6.07) is 0.324. The standard InChI is InChI=1S/C16H32N6O2.HI/c1-16(2,3)14(24)19-7-8-20-15(18-4)21-12-5-9-22(10-6-12)11-13(17)23;/h12H,5-11H2,1-4H3,(H2,17,23)(H,19,24)(H2,18,20,21);1H. The van der Waals surface area contributed by atoms with Crippen LogP contribution in [0.4, 0.5) is 0 Å². The van der Waals surface area contributed by atoms with Gasteiger partial charge in [0.2, 0.25) is 11.8 Å². The van der Waals surface area contributed by atoms with Crippen LogP contribution in [0, 0.1) is 5.41 Å². The molecular weight excluding hydrogens is 435 g/mol. The van der Waals surface area contributed by atoms with Crippen LogP contribution in [0.15, 0.2) is 4.99 Å². The van der Waals surface area contributed by atoms with Crippen molar-refractivity contribution in [2.45, 2.75) is 39.7 Å². The van der Waals surface area contributed by atoms with Crippen molar-refractivity contribution in [1.29, 1.82) is 0 Å². The molecule has 1 aliphatic heterocycles. The van der Waals surface area contributed by atoms with Crippen LogP contribution in [0.2, 0.25) is 0 Å². The molecule has 0 unspecified atom stereocenters. The Labute approximate surface area is 167 Å². The van der Waals surface area contributed by atoms with E-state index in [2.05, 4.69) is 25.8 Å². The van der Waals surface area contributed by atoms with Crippen molar-refractivity contribution in [2.24, 2.45) is 16.1 Å². The second-order valence-corrected chi connectivity index (χ2v) is 7.17. The van der Waals surface area contributed by atoms with E-state index >= 15 is 0 Å². The lowest BCUT2D eigenvalue weighted by Gasteiger charge is -2.32. The lowest BCUT2D eigenvalue weighted by molar-refractivity contribution is -0.128. The van der Waals surface area contributed by atoms with Gasteiger partial charge in [-0.15, -0.1) is 24.0 Å². The minimum atomic E-state index is -0.376. The van der Waals surface area contributed by atoms with Crippen LogP contribution in [0.25, 0.3) is 0 Å². The molecule has 9 heteroatoms. The van der Waals surface area contributed by atoms with Crippen molar-refractivity contribution in [3.63, 3.8) is 0 Å². The third kappa shape index (κ3) is 9.83. The molecule has 0 saturated carbocycles. The Balaban J connectivity index is 0.00000576. The summed E-state index contributed by atoms with van der Waals surface area (Å²) in [4.78, 5) is 29.0. The quantitative estimate of drug-likeness (QED) is 0.188. The maximum absolute atomic E-state index is 11.8. The van der Waals surface area contributed by atoms with Crippen LogP contribution < -0.4 is 21.7 Å². The molecule has 1 aliphatic rings. The zero-order valence-electron chi connectivity index (χ0n) is 15.7. The minimum Gasteiger partial charge on any atom is -0.369 e. The molecular formula is C16H33IN6O2. The number of nitrogens with two attached hydrogens (primary N) is 1. The van der Waals surface area contributed by atoms with E-state index in [0.29, 0.717) is 25.7 Å². The molecule has 0 atom stereocenters.